The summed E-state index contributed by atoms with van der Waals surface area (Å²) in [6, 6.07) is 5.37. The molecule has 2 heterocycles. The summed E-state index contributed by atoms with van der Waals surface area (Å²) in [5, 5.41) is 24.5. The summed E-state index contributed by atoms with van der Waals surface area (Å²) in [4.78, 5) is 36.4. The number of nitrogens with one attached hydrogen (secondary N) is 1. The predicted octanol–water partition coefficient (Wildman–Crippen LogP) is 8.51. The van der Waals surface area contributed by atoms with Gasteiger partial charge in [0.15, 0.2) is 0 Å². The van der Waals surface area contributed by atoms with E-state index in [1.54, 1.807) is 11.0 Å². The number of nitrogens with zero attached hydrogens (tertiary/aromatic N) is 4. The van der Waals surface area contributed by atoms with Gasteiger partial charge in [0, 0.05) is 50.1 Å². The molecule has 11 nitrogen and oxygen atoms in total. The number of rotatable bonds is 25. The molecule has 3 N–H and O–H groups in total. The molecule has 0 aliphatic carbocycles. The lowest BCUT2D eigenvalue weighted by Gasteiger charge is -2.20. The summed E-state index contributed by atoms with van der Waals surface area (Å²) < 4.78 is 39.4. The molecule has 0 bridgehead atoms. The Balaban J connectivity index is 1.40. The largest absolute Gasteiger partial charge is 0.392 e. The van der Waals surface area contributed by atoms with Gasteiger partial charge in [0.1, 0.15) is 5.82 Å². The van der Waals surface area contributed by atoms with Gasteiger partial charge in [-0.2, -0.15) is 0 Å². The molecule has 13 heteroatoms. The molecule has 0 spiro atoms. The Hall–Kier alpha value is -4.98. The molecule has 61 heavy (non-hydrogen) atoms. The summed E-state index contributed by atoms with van der Waals surface area (Å²) in [5.74, 6) is -1.03. The highest BCUT2D eigenvalue weighted by atomic mass is 32.2. The fourth-order valence-corrected chi connectivity index (χ4v) is 6.83. The summed E-state index contributed by atoms with van der Waals surface area (Å²) >= 11 is 0. The van der Waals surface area contributed by atoms with Gasteiger partial charge in [-0.15, -0.1) is 0 Å². The van der Waals surface area contributed by atoms with Crippen molar-refractivity contribution in [2.45, 2.75) is 116 Å². The number of aliphatic hydroxyl groups is 2. The number of benzene rings is 1. The predicted molar refractivity (Wildman–Crippen MR) is 246 cm³/mol. The molecule has 0 saturated carbocycles. The molecule has 1 aliphatic rings. The van der Waals surface area contributed by atoms with Crippen LogP contribution < -0.4 is 9.62 Å². The second kappa shape index (κ2) is 27.1. The van der Waals surface area contributed by atoms with Crippen LogP contribution in [0, 0.1) is 5.82 Å². The monoisotopic (exact) mass is 859 g/mol. The van der Waals surface area contributed by atoms with Crippen molar-refractivity contribution in [3.63, 3.8) is 0 Å². The zero-order chi connectivity index (χ0) is 44.6. The highest BCUT2D eigenvalue weighted by molar-refractivity contribution is 7.92. The number of hydrogen-bond donors (Lipinski definition) is 3. The molecule has 3 rings (SSSR count). The minimum Gasteiger partial charge on any atom is -0.392 e. The smallest absolute Gasteiger partial charge is 0.239 e. The number of aliphatic hydroxyl groups excluding tert-OH is 2. The van der Waals surface area contributed by atoms with Crippen molar-refractivity contribution in [2.75, 3.05) is 30.7 Å². The fraction of sp³-hybridized carbons (Fsp3) is 0.458. The molecule has 2 unspecified atom stereocenters. The number of carbonyl (C=O) groups is 2. The number of allylic oxidation sites excluding steroid dienone is 12. The van der Waals surface area contributed by atoms with Crippen molar-refractivity contribution in [2.24, 2.45) is 0 Å². The summed E-state index contributed by atoms with van der Waals surface area (Å²) in [6.07, 6.45) is 34.5. The Morgan fingerprint density at radius 3 is 2.00 bits per heavy atom. The van der Waals surface area contributed by atoms with E-state index in [9.17, 15) is 32.6 Å². The van der Waals surface area contributed by atoms with Crippen LogP contribution in [0.4, 0.5) is 10.3 Å². The van der Waals surface area contributed by atoms with Crippen LogP contribution in [-0.2, 0) is 19.6 Å². The molecule has 3 atom stereocenters. The number of halogens is 1. The third-order valence-corrected chi connectivity index (χ3v) is 11.0. The van der Waals surface area contributed by atoms with E-state index >= 15 is 0 Å². The first-order valence-electron chi connectivity index (χ1n) is 21.3. The normalized spacial score (nSPS) is 16.3. The average molecular weight is 860 g/mol. The lowest BCUT2D eigenvalue weighted by Crippen LogP contribution is -2.39. The van der Waals surface area contributed by atoms with Crippen molar-refractivity contribution in [1.82, 2.24) is 20.2 Å². The van der Waals surface area contributed by atoms with Gasteiger partial charge in [-0.3, -0.25) is 9.59 Å². The lowest BCUT2D eigenvalue weighted by molar-refractivity contribution is -0.130. The molecule has 2 amide bonds. The van der Waals surface area contributed by atoms with Crippen LogP contribution in [0.2, 0.25) is 0 Å². The minimum atomic E-state index is -3.69. The van der Waals surface area contributed by atoms with Crippen LogP contribution in [0.5, 0.6) is 0 Å². The molecule has 1 saturated heterocycles. The molecule has 0 radical (unpaired) electrons. The zero-order valence-corrected chi connectivity index (χ0v) is 37.3. The fourth-order valence-electron chi connectivity index (χ4n) is 6.45. The van der Waals surface area contributed by atoms with E-state index in [2.05, 4.69) is 89.0 Å². The Morgan fingerprint density at radius 2 is 1.46 bits per heavy atom. The molecule has 1 fully saturated rings. The number of amides is 2. The topological polar surface area (TPSA) is 153 Å². The van der Waals surface area contributed by atoms with Crippen molar-refractivity contribution < 1.29 is 32.6 Å². The summed E-state index contributed by atoms with van der Waals surface area (Å²) in [6.45, 7) is 6.85. The second-order valence-electron chi connectivity index (χ2n) is 15.4. The van der Waals surface area contributed by atoms with Crippen molar-refractivity contribution >= 4 is 33.9 Å². The number of anilines is 1. The highest BCUT2D eigenvalue weighted by Gasteiger charge is 2.28. The summed E-state index contributed by atoms with van der Waals surface area (Å²) in [7, 11) is -2.34. The van der Waals surface area contributed by atoms with E-state index in [4.69, 9.17) is 0 Å². The van der Waals surface area contributed by atoms with Crippen LogP contribution in [0.3, 0.4) is 0 Å². The number of aromatic nitrogens is 2. The first-order valence-corrected chi connectivity index (χ1v) is 23.2. The van der Waals surface area contributed by atoms with Gasteiger partial charge in [-0.25, -0.2) is 27.1 Å². The maximum absolute atomic E-state index is 13.8. The van der Waals surface area contributed by atoms with Crippen LogP contribution in [0.25, 0.3) is 17.3 Å². The molecule has 1 aromatic heterocycles. The van der Waals surface area contributed by atoms with Gasteiger partial charge in [0.2, 0.25) is 27.8 Å². The number of hydrogen-bond acceptors (Lipinski definition) is 8. The average Bonchev–Trinajstić information content (AvgIpc) is 3.68. The van der Waals surface area contributed by atoms with Crippen molar-refractivity contribution in [1.29, 1.82) is 0 Å². The van der Waals surface area contributed by atoms with Gasteiger partial charge in [-0.1, -0.05) is 106 Å². The number of sulfonamides is 1. The molecular formula is C48H66FN5O6S. The SMILES string of the molecule is CC/C=C\C/C=C\C/C=C\C/C=C\C/C=C\C/C=C\CCC(=O)N1CC[C@@H](NC(=O)CC(O)CC(O)C=Cc2c(-c3ccc(F)cc3)nc(N(C)S(C)(=O)=O)nc2C(C)C)C1. The Labute approximate surface area is 363 Å². The molecule has 332 valence electrons. The standard InChI is InChI=1S/C48H66FN5O6S/c1-6-7-8-9-10-11-12-13-14-15-16-17-18-19-20-21-22-23-24-25-45(58)54-33-32-40(36-54)50-44(57)35-42(56)34-41(55)30-31-43-46(37(2)3)51-48(53(4)61(5,59)60)52-47(43)38-26-28-39(49)29-27-38/h7-8,10-11,13-14,16-17,19-20,22-23,26-31,37,40-42,55-56H,6,9,12,15,18,21,24-25,32-36H2,1-5H3,(H,50,57)/b8-7-,11-10-,14-13-,17-16-,20-19-,23-22-,31-30?/t40-,41?,42?/m1/s1. The van der Waals surface area contributed by atoms with Gasteiger partial charge in [-0.05, 0) is 81.5 Å². The van der Waals surface area contributed by atoms with Crippen LogP contribution in [0.15, 0.2) is 103 Å². The molecule has 2 aromatic rings. The van der Waals surface area contributed by atoms with E-state index in [-0.39, 0.29) is 42.6 Å². The first-order chi connectivity index (χ1) is 29.2. The maximum atomic E-state index is 13.8. The Bertz CT molecular complexity index is 2010. The van der Waals surface area contributed by atoms with Crippen LogP contribution in [-0.4, -0.2) is 90.0 Å². The van der Waals surface area contributed by atoms with Crippen LogP contribution in [0.1, 0.15) is 109 Å². The second-order valence-corrected chi connectivity index (χ2v) is 17.4. The molecule has 1 aliphatic heterocycles. The van der Waals surface area contributed by atoms with Crippen LogP contribution >= 0.6 is 0 Å². The van der Waals surface area contributed by atoms with E-state index in [1.165, 1.54) is 37.4 Å². The van der Waals surface area contributed by atoms with E-state index in [1.807, 2.05) is 19.9 Å². The van der Waals surface area contributed by atoms with Gasteiger partial charge in [0.25, 0.3) is 0 Å². The van der Waals surface area contributed by atoms with Crippen molar-refractivity contribution in [3.05, 3.63) is 120 Å². The number of likely N-dealkylation sites (tertiary alicyclic amines) is 1. The van der Waals surface area contributed by atoms with E-state index < -0.39 is 28.0 Å². The highest BCUT2D eigenvalue weighted by Crippen LogP contribution is 2.32. The van der Waals surface area contributed by atoms with Gasteiger partial charge >= 0.3 is 0 Å². The van der Waals surface area contributed by atoms with Gasteiger partial charge < -0.3 is 20.4 Å². The number of carbonyl (C=O) groups excluding carboxylic acids is 2. The quantitative estimate of drug-likeness (QED) is 0.0841. The lowest BCUT2D eigenvalue weighted by atomic mass is 9.97. The third-order valence-electron chi connectivity index (χ3n) is 9.85. The first kappa shape index (κ1) is 50.4. The van der Waals surface area contributed by atoms with E-state index in [0.29, 0.717) is 54.9 Å². The minimum absolute atomic E-state index is 0.0388. The molecule has 1 aromatic carbocycles. The Kier molecular flexibility index (Phi) is 22.4. The Morgan fingerprint density at radius 1 is 0.902 bits per heavy atom. The zero-order valence-electron chi connectivity index (χ0n) is 36.5. The maximum Gasteiger partial charge on any atom is 0.239 e. The molecular weight excluding hydrogens is 794 g/mol. The van der Waals surface area contributed by atoms with E-state index in [0.717, 1.165) is 49.1 Å². The van der Waals surface area contributed by atoms with Crippen molar-refractivity contribution in [3.8, 4) is 11.3 Å². The summed E-state index contributed by atoms with van der Waals surface area (Å²) in [5.41, 5.74) is 1.85. The van der Waals surface area contributed by atoms with Gasteiger partial charge in [0.05, 0.1) is 36.3 Å². The third kappa shape index (κ3) is 19.1.